The average molecular weight is 355 g/mol. The first-order chi connectivity index (χ1) is 12.6. The van der Waals surface area contributed by atoms with Crippen molar-refractivity contribution in [2.24, 2.45) is 0 Å². The van der Waals surface area contributed by atoms with Gasteiger partial charge in [0.2, 0.25) is 0 Å². The highest BCUT2D eigenvalue weighted by Gasteiger charge is 2.21. The molecule has 1 aliphatic rings. The standard InChI is InChI=1S/C20H21NO5/c22-17-10-3-4-11-18(17)25-13-20(24)26-12-19(23)21-16-9-5-7-14-6-1-2-8-15(14)16/h1-4,6,8,10-11,16,22H,5,7,9,12-13H2,(H,21,23). The molecule has 1 unspecified atom stereocenters. The number of fused-ring (bicyclic) bond motifs is 1. The molecule has 1 amide bonds. The summed E-state index contributed by atoms with van der Waals surface area (Å²) in [7, 11) is 0. The monoisotopic (exact) mass is 355 g/mol. The van der Waals surface area contributed by atoms with Gasteiger partial charge in [0.05, 0.1) is 6.04 Å². The Kier molecular flexibility index (Phi) is 5.73. The predicted octanol–water partition coefficient (Wildman–Crippen LogP) is 2.51. The van der Waals surface area contributed by atoms with Gasteiger partial charge in [0.25, 0.3) is 5.91 Å². The van der Waals surface area contributed by atoms with Gasteiger partial charge < -0.3 is 19.9 Å². The van der Waals surface area contributed by atoms with Crippen LogP contribution in [0.5, 0.6) is 11.5 Å². The topological polar surface area (TPSA) is 84.9 Å². The molecule has 2 aromatic carbocycles. The van der Waals surface area contributed by atoms with Crippen molar-refractivity contribution >= 4 is 11.9 Å². The zero-order valence-corrected chi connectivity index (χ0v) is 14.3. The van der Waals surface area contributed by atoms with E-state index in [0.29, 0.717) is 0 Å². The Balaban J connectivity index is 1.44. The lowest BCUT2D eigenvalue weighted by molar-refractivity contribution is -0.150. The minimum Gasteiger partial charge on any atom is -0.504 e. The second kappa shape index (κ2) is 8.38. The number of benzene rings is 2. The van der Waals surface area contributed by atoms with Crippen LogP contribution in [0.1, 0.15) is 30.0 Å². The Morgan fingerprint density at radius 1 is 1.08 bits per heavy atom. The number of ether oxygens (including phenoxy) is 2. The molecule has 0 bridgehead atoms. The number of nitrogens with one attached hydrogen (secondary N) is 1. The van der Waals surface area contributed by atoms with E-state index in [2.05, 4.69) is 11.4 Å². The van der Waals surface area contributed by atoms with Crippen LogP contribution in [0.3, 0.4) is 0 Å². The molecule has 0 aliphatic heterocycles. The average Bonchev–Trinajstić information content (AvgIpc) is 2.66. The van der Waals surface area contributed by atoms with E-state index in [1.165, 1.54) is 17.7 Å². The highest BCUT2D eigenvalue weighted by molar-refractivity contribution is 5.81. The summed E-state index contributed by atoms with van der Waals surface area (Å²) in [5.41, 5.74) is 2.37. The van der Waals surface area contributed by atoms with E-state index in [1.807, 2.05) is 18.2 Å². The van der Waals surface area contributed by atoms with Crippen molar-refractivity contribution in [3.8, 4) is 11.5 Å². The summed E-state index contributed by atoms with van der Waals surface area (Å²) >= 11 is 0. The number of para-hydroxylation sites is 2. The Hall–Kier alpha value is -3.02. The van der Waals surface area contributed by atoms with Crippen molar-refractivity contribution in [1.82, 2.24) is 5.32 Å². The van der Waals surface area contributed by atoms with Crippen molar-refractivity contribution in [2.45, 2.75) is 25.3 Å². The van der Waals surface area contributed by atoms with Crippen LogP contribution in [0.25, 0.3) is 0 Å². The van der Waals surface area contributed by atoms with Crippen LogP contribution in [0.2, 0.25) is 0 Å². The molecule has 0 saturated heterocycles. The number of hydrogen-bond acceptors (Lipinski definition) is 5. The molecule has 2 aromatic rings. The van der Waals surface area contributed by atoms with Crippen LogP contribution in [0.4, 0.5) is 0 Å². The number of carbonyl (C=O) groups is 2. The zero-order chi connectivity index (χ0) is 18.4. The number of carbonyl (C=O) groups excluding carboxylic acids is 2. The Bertz CT molecular complexity index is 789. The van der Waals surface area contributed by atoms with Crippen molar-refractivity contribution in [3.63, 3.8) is 0 Å². The largest absolute Gasteiger partial charge is 0.504 e. The Morgan fingerprint density at radius 3 is 2.69 bits per heavy atom. The number of phenolic OH excluding ortho intramolecular Hbond substituents is 1. The van der Waals surface area contributed by atoms with E-state index in [1.54, 1.807) is 12.1 Å². The summed E-state index contributed by atoms with van der Waals surface area (Å²) in [5, 5.41) is 12.5. The number of aryl methyl sites for hydroxylation is 1. The molecule has 3 rings (SSSR count). The summed E-state index contributed by atoms with van der Waals surface area (Å²) in [6.45, 7) is -0.737. The molecule has 26 heavy (non-hydrogen) atoms. The second-order valence-electron chi connectivity index (χ2n) is 6.13. The summed E-state index contributed by atoms with van der Waals surface area (Å²) in [4.78, 5) is 23.8. The third kappa shape index (κ3) is 4.53. The van der Waals surface area contributed by atoms with E-state index < -0.39 is 5.97 Å². The molecular formula is C20H21NO5. The van der Waals surface area contributed by atoms with Crippen LogP contribution < -0.4 is 10.1 Å². The Labute approximate surface area is 151 Å². The first kappa shape index (κ1) is 17.8. The summed E-state index contributed by atoms with van der Waals surface area (Å²) in [6, 6.07) is 14.3. The molecule has 0 radical (unpaired) electrons. The van der Waals surface area contributed by atoms with Crippen molar-refractivity contribution < 1.29 is 24.2 Å². The molecule has 0 fully saturated rings. The number of aromatic hydroxyl groups is 1. The highest BCUT2D eigenvalue weighted by Crippen LogP contribution is 2.29. The maximum atomic E-state index is 12.1. The van der Waals surface area contributed by atoms with E-state index in [0.717, 1.165) is 24.8 Å². The normalized spacial score (nSPS) is 15.6. The van der Waals surface area contributed by atoms with Gasteiger partial charge in [-0.3, -0.25) is 4.79 Å². The van der Waals surface area contributed by atoms with Crippen LogP contribution in [-0.4, -0.2) is 30.2 Å². The number of rotatable bonds is 6. The molecule has 0 spiro atoms. The molecule has 2 N–H and O–H groups in total. The van der Waals surface area contributed by atoms with Crippen molar-refractivity contribution in [3.05, 3.63) is 59.7 Å². The summed E-state index contributed by atoms with van der Waals surface area (Å²) in [6.07, 6.45) is 2.89. The minimum absolute atomic E-state index is 0.0522. The molecule has 0 heterocycles. The quantitative estimate of drug-likeness (QED) is 0.778. The van der Waals surface area contributed by atoms with Gasteiger partial charge in [-0.05, 0) is 42.5 Å². The van der Waals surface area contributed by atoms with Crippen LogP contribution in [0, 0.1) is 0 Å². The van der Waals surface area contributed by atoms with Crippen molar-refractivity contribution in [2.75, 3.05) is 13.2 Å². The maximum absolute atomic E-state index is 12.1. The third-order valence-corrected chi connectivity index (χ3v) is 4.28. The fraction of sp³-hybridized carbons (Fsp3) is 0.300. The van der Waals surface area contributed by atoms with Gasteiger partial charge in [0.1, 0.15) is 0 Å². The lowest BCUT2D eigenvalue weighted by Gasteiger charge is -2.26. The molecule has 1 aliphatic carbocycles. The van der Waals surface area contributed by atoms with Gasteiger partial charge in [0, 0.05) is 0 Å². The fourth-order valence-electron chi connectivity index (χ4n) is 3.04. The predicted molar refractivity (Wildman–Crippen MR) is 94.8 cm³/mol. The SMILES string of the molecule is O=C(COC(=O)COc1ccccc1O)NC1CCCc2ccccc21. The maximum Gasteiger partial charge on any atom is 0.344 e. The van der Waals surface area contributed by atoms with Gasteiger partial charge in [0.15, 0.2) is 24.7 Å². The van der Waals surface area contributed by atoms with Crippen LogP contribution in [0.15, 0.2) is 48.5 Å². The first-order valence-corrected chi connectivity index (χ1v) is 8.57. The molecule has 0 saturated carbocycles. The van der Waals surface area contributed by atoms with Gasteiger partial charge >= 0.3 is 5.97 Å². The van der Waals surface area contributed by atoms with Gasteiger partial charge in [-0.25, -0.2) is 4.79 Å². The van der Waals surface area contributed by atoms with Gasteiger partial charge in [-0.15, -0.1) is 0 Å². The second-order valence-corrected chi connectivity index (χ2v) is 6.13. The smallest absolute Gasteiger partial charge is 0.344 e. The lowest BCUT2D eigenvalue weighted by atomic mass is 9.88. The lowest BCUT2D eigenvalue weighted by Crippen LogP contribution is -2.34. The number of phenols is 1. The van der Waals surface area contributed by atoms with Gasteiger partial charge in [-0.2, -0.15) is 0 Å². The number of hydrogen-bond donors (Lipinski definition) is 2. The van der Waals surface area contributed by atoms with E-state index in [4.69, 9.17) is 9.47 Å². The van der Waals surface area contributed by atoms with E-state index in [9.17, 15) is 14.7 Å². The molecule has 136 valence electrons. The van der Waals surface area contributed by atoms with Crippen LogP contribution >= 0.6 is 0 Å². The molecule has 1 atom stereocenters. The molecule has 0 aromatic heterocycles. The zero-order valence-electron chi connectivity index (χ0n) is 14.3. The van der Waals surface area contributed by atoms with E-state index in [-0.39, 0.29) is 36.7 Å². The molecule has 6 nitrogen and oxygen atoms in total. The Morgan fingerprint density at radius 2 is 1.85 bits per heavy atom. The minimum atomic E-state index is -0.674. The third-order valence-electron chi connectivity index (χ3n) is 4.28. The summed E-state index contributed by atoms with van der Waals surface area (Å²) < 4.78 is 10.1. The molecule has 6 heteroatoms. The van der Waals surface area contributed by atoms with Crippen molar-refractivity contribution in [1.29, 1.82) is 0 Å². The number of amides is 1. The van der Waals surface area contributed by atoms with E-state index >= 15 is 0 Å². The van der Waals surface area contributed by atoms with Gasteiger partial charge in [-0.1, -0.05) is 36.4 Å². The van der Waals surface area contributed by atoms with Crippen LogP contribution in [-0.2, 0) is 20.7 Å². The molecular weight excluding hydrogens is 334 g/mol. The number of esters is 1. The fourth-order valence-corrected chi connectivity index (χ4v) is 3.04. The highest BCUT2D eigenvalue weighted by atomic mass is 16.6. The summed E-state index contributed by atoms with van der Waals surface area (Å²) in [5.74, 6) is -0.892. The first-order valence-electron chi connectivity index (χ1n) is 8.57.